The van der Waals surface area contributed by atoms with E-state index in [1.54, 1.807) is 0 Å². The lowest BCUT2D eigenvalue weighted by atomic mass is 10.1. The Balaban J connectivity index is 2.64. The Labute approximate surface area is 98.4 Å². The highest BCUT2D eigenvalue weighted by Crippen LogP contribution is 2.20. The molecule has 15 heavy (non-hydrogen) atoms. The van der Waals surface area contributed by atoms with Crippen LogP contribution in [-0.4, -0.2) is 10.2 Å². The number of nitrogens with one attached hydrogen (secondary N) is 1. The topological polar surface area (TPSA) is 42.2 Å². The van der Waals surface area contributed by atoms with Gasteiger partial charge in [-0.25, -0.2) is 0 Å². The summed E-state index contributed by atoms with van der Waals surface area (Å²) in [6.07, 6.45) is 0. The number of halogens is 1. The van der Waals surface area contributed by atoms with E-state index in [4.69, 9.17) is 4.42 Å². The Bertz CT molecular complexity index is 352. The highest BCUT2D eigenvalue weighted by Gasteiger charge is 2.25. The van der Waals surface area contributed by atoms with Crippen molar-refractivity contribution in [3.05, 3.63) is 23.7 Å². The molecular formula is C11H16BrNO2. The van der Waals surface area contributed by atoms with Crippen molar-refractivity contribution in [2.75, 3.05) is 0 Å². The van der Waals surface area contributed by atoms with Crippen molar-refractivity contribution in [1.82, 2.24) is 5.32 Å². The number of aryl methyl sites for hydroxylation is 1. The number of carbonyl (C=O) groups is 1. The molecule has 0 aliphatic heterocycles. The zero-order valence-electron chi connectivity index (χ0n) is 9.43. The second-order valence-corrected chi connectivity index (χ2v) is 6.10. The first-order chi connectivity index (χ1) is 6.80. The molecule has 0 saturated carbocycles. The summed E-state index contributed by atoms with van der Waals surface area (Å²) in [5, 5.41) is 2.87. The Morgan fingerprint density at radius 2 is 2.13 bits per heavy atom. The molecule has 1 heterocycles. The molecule has 0 aliphatic carbocycles. The van der Waals surface area contributed by atoms with E-state index in [1.165, 1.54) is 0 Å². The van der Waals surface area contributed by atoms with Crippen molar-refractivity contribution in [2.45, 2.75) is 38.1 Å². The molecule has 1 aromatic heterocycles. The Morgan fingerprint density at radius 3 is 2.53 bits per heavy atom. The zero-order chi connectivity index (χ0) is 11.6. The summed E-state index contributed by atoms with van der Waals surface area (Å²) in [6, 6.07) is 3.65. The molecule has 0 aromatic carbocycles. The van der Waals surface area contributed by atoms with Crippen LogP contribution >= 0.6 is 15.9 Å². The van der Waals surface area contributed by atoms with Gasteiger partial charge in [-0.05, 0) is 39.8 Å². The Hall–Kier alpha value is -0.770. The first kappa shape index (κ1) is 12.3. The van der Waals surface area contributed by atoms with Crippen LogP contribution in [0, 0.1) is 6.92 Å². The van der Waals surface area contributed by atoms with Gasteiger partial charge in [-0.3, -0.25) is 4.79 Å². The molecule has 3 nitrogen and oxygen atoms in total. The van der Waals surface area contributed by atoms with Gasteiger partial charge in [-0.1, -0.05) is 15.9 Å². The standard InChI is InChI=1S/C11H16BrNO2/c1-7-5-6-9(15-7)8(2)13-10(14)11(3,4)12/h5-6,8H,1-4H3,(H,13,14). The molecule has 0 spiro atoms. The maximum Gasteiger partial charge on any atom is 0.236 e. The molecule has 1 rings (SSSR count). The lowest BCUT2D eigenvalue weighted by Gasteiger charge is -2.19. The predicted molar refractivity (Wildman–Crippen MR) is 63.0 cm³/mol. The van der Waals surface area contributed by atoms with Crippen molar-refractivity contribution in [3.63, 3.8) is 0 Å². The van der Waals surface area contributed by atoms with Crippen molar-refractivity contribution in [1.29, 1.82) is 0 Å². The predicted octanol–water partition coefficient (Wildman–Crippen LogP) is 2.94. The van der Waals surface area contributed by atoms with Gasteiger partial charge in [0.2, 0.25) is 5.91 Å². The molecule has 1 aromatic rings. The normalized spacial score (nSPS) is 13.7. The van der Waals surface area contributed by atoms with Gasteiger partial charge >= 0.3 is 0 Å². The monoisotopic (exact) mass is 273 g/mol. The van der Waals surface area contributed by atoms with Gasteiger partial charge in [-0.2, -0.15) is 0 Å². The van der Waals surface area contributed by atoms with Crippen LogP contribution in [-0.2, 0) is 4.79 Å². The fourth-order valence-electron chi connectivity index (χ4n) is 1.13. The summed E-state index contributed by atoms with van der Waals surface area (Å²) in [5.74, 6) is 1.57. The second kappa shape index (κ2) is 4.39. The lowest BCUT2D eigenvalue weighted by molar-refractivity contribution is -0.123. The summed E-state index contributed by atoms with van der Waals surface area (Å²) in [5.41, 5.74) is 0. The molecule has 1 N–H and O–H groups in total. The summed E-state index contributed by atoms with van der Waals surface area (Å²) in [6.45, 7) is 7.40. The van der Waals surface area contributed by atoms with E-state index in [0.29, 0.717) is 0 Å². The molecule has 0 aliphatic rings. The highest BCUT2D eigenvalue weighted by molar-refractivity contribution is 9.10. The third-order valence-corrected chi connectivity index (χ3v) is 2.44. The van der Waals surface area contributed by atoms with Crippen molar-refractivity contribution < 1.29 is 9.21 Å². The number of alkyl halides is 1. The van der Waals surface area contributed by atoms with E-state index in [0.717, 1.165) is 11.5 Å². The summed E-state index contributed by atoms with van der Waals surface area (Å²) in [4.78, 5) is 11.7. The lowest BCUT2D eigenvalue weighted by Crippen LogP contribution is -2.38. The van der Waals surface area contributed by atoms with Crippen LogP contribution in [0.2, 0.25) is 0 Å². The molecule has 0 bridgehead atoms. The van der Waals surface area contributed by atoms with Crippen LogP contribution in [0.5, 0.6) is 0 Å². The van der Waals surface area contributed by atoms with Gasteiger partial charge in [0.25, 0.3) is 0 Å². The quantitative estimate of drug-likeness (QED) is 0.861. The van der Waals surface area contributed by atoms with E-state index in [9.17, 15) is 4.79 Å². The van der Waals surface area contributed by atoms with E-state index < -0.39 is 4.32 Å². The number of hydrogen-bond acceptors (Lipinski definition) is 2. The van der Waals surface area contributed by atoms with E-state index in [2.05, 4.69) is 21.2 Å². The highest BCUT2D eigenvalue weighted by atomic mass is 79.9. The van der Waals surface area contributed by atoms with Crippen molar-refractivity contribution in [3.8, 4) is 0 Å². The molecule has 1 atom stereocenters. The average Bonchev–Trinajstić information content (AvgIpc) is 2.50. The van der Waals surface area contributed by atoms with Crippen molar-refractivity contribution >= 4 is 21.8 Å². The minimum Gasteiger partial charge on any atom is -0.464 e. The van der Waals surface area contributed by atoms with Gasteiger partial charge < -0.3 is 9.73 Å². The molecular weight excluding hydrogens is 258 g/mol. The van der Waals surface area contributed by atoms with Crippen LogP contribution in [0.25, 0.3) is 0 Å². The van der Waals surface area contributed by atoms with Crippen molar-refractivity contribution in [2.24, 2.45) is 0 Å². The van der Waals surface area contributed by atoms with Gasteiger partial charge in [0.05, 0.1) is 10.4 Å². The molecule has 1 unspecified atom stereocenters. The first-order valence-electron chi connectivity index (χ1n) is 4.87. The third kappa shape index (κ3) is 3.38. The van der Waals surface area contributed by atoms with Crippen LogP contribution in [0.1, 0.15) is 38.3 Å². The fourth-order valence-corrected chi connectivity index (χ4v) is 1.24. The average molecular weight is 274 g/mol. The number of rotatable bonds is 3. The minimum absolute atomic E-state index is 0.0518. The van der Waals surface area contributed by atoms with Crippen LogP contribution in [0.4, 0.5) is 0 Å². The number of furan rings is 1. The molecule has 1 amide bonds. The van der Waals surface area contributed by atoms with E-state index >= 15 is 0 Å². The zero-order valence-corrected chi connectivity index (χ0v) is 11.0. The van der Waals surface area contributed by atoms with Gasteiger partial charge in [-0.15, -0.1) is 0 Å². The smallest absolute Gasteiger partial charge is 0.236 e. The van der Waals surface area contributed by atoms with Crippen LogP contribution in [0.15, 0.2) is 16.5 Å². The van der Waals surface area contributed by atoms with Gasteiger partial charge in [0, 0.05) is 0 Å². The molecule has 84 valence electrons. The maximum absolute atomic E-state index is 11.7. The number of amides is 1. The first-order valence-corrected chi connectivity index (χ1v) is 5.66. The molecule has 0 radical (unpaired) electrons. The minimum atomic E-state index is -0.553. The molecule has 0 saturated heterocycles. The maximum atomic E-state index is 11.7. The SMILES string of the molecule is Cc1ccc(C(C)NC(=O)C(C)(C)Br)o1. The Morgan fingerprint density at radius 1 is 1.53 bits per heavy atom. The van der Waals surface area contributed by atoms with E-state index in [-0.39, 0.29) is 11.9 Å². The fraction of sp³-hybridized carbons (Fsp3) is 0.545. The van der Waals surface area contributed by atoms with Gasteiger partial charge in [0.1, 0.15) is 11.5 Å². The summed E-state index contributed by atoms with van der Waals surface area (Å²) in [7, 11) is 0. The molecule has 0 fully saturated rings. The number of carbonyl (C=O) groups excluding carboxylic acids is 1. The number of hydrogen-bond donors (Lipinski definition) is 1. The Kier molecular flexibility index (Phi) is 3.60. The largest absolute Gasteiger partial charge is 0.464 e. The summed E-state index contributed by atoms with van der Waals surface area (Å²) < 4.78 is 4.88. The van der Waals surface area contributed by atoms with Crippen LogP contribution < -0.4 is 5.32 Å². The molecule has 4 heteroatoms. The second-order valence-electron chi connectivity index (χ2n) is 4.12. The summed E-state index contributed by atoms with van der Waals surface area (Å²) >= 11 is 3.31. The van der Waals surface area contributed by atoms with Crippen LogP contribution in [0.3, 0.4) is 0 Å². The third-order valence-electron chi connectivity index (χ3n) is 2.08. The van der Waals surface area contributed by atoms with E-state index in [1.807, 2.05) is 39.8 Å². The van der Waals surface area contributed by atoms with Gasteiger partial charge in [0.15, 0.2) is 0 Å².